The fraction of sp³-hybridized carbons (Fsp3) is 0.375. The second kappa shape index (κ2) is 6.41. The maximum atomic E-state index is 6.32. The lowest BCUT2D eigenvalue weighted by molar-refractivity contribution is 0.546. The Labute approximate surface area is 130 Å². The van der Waals surface area contributed by atoms with Crippen LogP contribution in [0.3, 0.4) is 0 Å². The number of hydrogen-bond acceptors (Lipinski definition) is 4. The van der Waals surface area contributed by atoms with Gasteiger partial charge >= 0.3 is 0 Å². The molecule has 3 N–H and O–H groups in total. The van der Waals surface area contributed by atoms with Gasteiger partial charge in [0.05, 0.1) is 22.6 Å². The highest BCUT2D eigenvalue weighted by Crippen LogP contribution is 2.32. The van der Waals surface area contributed by atoms with Crippen molar-refractivity contribution in [2.45, 2.75) is 26.2 Å². The Hall–Kier alpha value is -1.65. The SMILES string of the molecule is CC(C)(C)c1ncc(NCCN)c(-c2ccccc2Cl)n1. The fourth-order valence-corrected chi connectivity index (χ4v) is 2.16. The van der Waals surface area contributed by atoms with Crippen molar-refractivity contribution in [3.8, 4) is 11.3 Å². The molecule has 0 spiro atoms. The summed E-state index contributed by atoms with van der Waals surface area (Å²) >= 11 is 6.32. The first-order chi connectivity index (χ1) is 9.93. The summed E-state index contributed by atoms with van der Waals surface area (Å²) in [5.41, 5.74) is 8.00. The fourth-order valence-electron chi connectivity index (χ4n) is 1.94. The van der Waals surface area contributed by atoms with Crippen molar-refractivity contribution in [1.82, 2.24) is 9.97 Å². The molecule has 2 rings (SSSR count). The first-order valence-corrected chi connectivity index (χ1v) is 7.37. The van der Waals surface area contributed by atoms with Crippen molar-refractivity contribution in [2.75, 3.05) is 18.4 Å². The molecule has 5 heteroatoms. The molecule has 1 aromatic heterocycles. The summed E-state index contributed by atoms with van der Waals surface area (Å²) in [6, 6.07) is 7.69. The minimum Gasteiger partial charge on any atom is -0.381 e. The number of nitrogens with one attached hydrogen (secondary N) is 1. The van der Waals surface area contributed by atoms with Crippen LogP contribution in [-0.4, -0.2) is 23.1 Å². The van der Waals surface area contributed by atoms with Gasteiger partial charge in [-0.15, -0.1) is 0 Å². The summed E-state index contributed by atoms with van der Waals surface area (Å²) in [5, 5.41) is 3.93. The minimum atomic E-state index is -0.123. The third-order valence-corrected chi connectivity index (χ3v) is 3.38. The maximum Gasteiger partial charge on any atom is 0.134 e. The van der Waals surface area contributed by atoms with E-state index in [1.165, 1.54) is 0 Å². The predicted octanol–water partition coefficient (Wildman–Crippen LogP) is 3.47. The minimum absolute atomic E-state index is 0.123. The van der Waals surface area contributed by atoms with Crippen LogP contribution in [0.25, 0.3) is 11.3 Å². The Morgan fingerprint density at radius 3 is 2.57 bits per heavy atom. The predicted molar refractivity (Wildman–Crippen MR) is 88.7 cm³/mol. The summed E-state index contributed by atoms with van der Waals surface area (Å²) < 4.78 is 0. The molecule has 0 atom stereocenters. The van der Waals surface area contributed by atoms with Gasteiger partial charge in [0.25, 0.3) is 0 Å². The molecule has 0 radical (unpaired) electrons. The van der Waals surface area contributed by atoms with Crippen LogP contribution >= 0.6 is 11.6 Å². The smallest absolute Gasteiger partial charge is 0.134 e. The molecule has 21 heavy (non-hydrogen) atoms. The molecule has 0 aliphatic rings. The normalized spacial score (nSPS) is 11.5. The summed E-state index contributed by atoms with van der Waals surface area (Å²) in [4.78, 5) is 9.19. The molecule has 0 fully saturated rings. The van der Waals surface area contributed by atoms with E-state index in [4.69, 9.17) is 22.3 Å². The molecule has 0 aliphatic heterocycles. The highest BCUT2D eigenvalue weighted by Gasteiger charge is 2.20. The molecule has 0 unspecified atom stereocenters. The highest BCUT2D eigenvalue weighted by atomic mass is 35.5. The van der Waals surface area contributed by atoms with Gasteiger partial charge in [0, 0.05) is 24.1 Å². The molecule has 0 bridgehead atoms. The van der Waals surface area contributed by atoms with Crippen LogP contribution in [0, 0.1) is 0 Å². The largest absolute Gasteiger partial charge is 0.381 e. The molecule has 4 nitrogen and oxygen atoms in total. The van der Waals surface area contributed by atoms with Gasteiger partial charge in [0.1, 0.15) is 5.82 Å². The van der Waals surface area contributed by atoms with Gasteiger partial charge < -0.3 is 11.1 Å². The van der Waals surface area contributed by atoms with Gasteiger partial charge in [-0.2, -0.15) is 0 Å². The van der Waals surface area contributed by atoms with E-state index in [1.54, 1.807) is 0 Å². The van der Waals surface area contributed by atoms with E-state index in [1.807, 2.05) is 30.5 Å². The van der Waals surface area contributed by atoms with Crippen molar-refractivity contribution >= 4 is 17.3 Å². The Morgan fingerprint density at radius 1 is 1.24 bits per heavy atom. The Kier molecular flexibility index (Phi) is 4.80. The number of nitrogens with zero attached hydrogens (tertiary/aromatic N) is 2. The molecule has 112 valence electrons. The molecular weight excluding hydrogens is 284 g/mol. The van der Waals surface area contributed by atoms with Crippen molar-refractivity contribution in [3.05, 3.63) is 41.3 Å². The number of rotatable bonds is 4. The Morgan fingerprint density at radius 2 is 1.95 bits per heavy atom. The Bertz CT molecular complexity index is 620. The summed E-state index contributed by atoms with van der Waals surface area (Å²) in [5.74, 6) is 0.788. The lowest BCUT2D eigenvalue weighted by Crippen LogP contribution is -2.18. The van der Waals surface area contributed by atoms with Crippen molar-refractivity contribution in [3.63, 3.8) is 0 Å². The van der Waals surface area contributed by atoms with E-state index in [0.717, 1.165) is 22.8 Å². The summed E-state index contributed by atoms with van der Waals surface area (Å²) in [6.45, 7) is 7.47. The second-order valence-electron chi connectivity index (χ2n) is 5.90. The number of nitrogens with two attached hydrogens (primary N) is 1. The topological polar surface area (TPSA) is 63.8 Å². The van der Waals surface area contributed by atoms with Crippen molar-refractivity contribution in [2.24, 2.45) is 5.73 Å². The van der Waals surface area contributed by atoms with Gasteiger partial charge in [0.15, 0.2) is 0 Å². The lowest BCUT2D eigenvalue weighted by atomic mass is 9.95. The van der Waals surface area contributed by atoms with Gasteiger partial charge in [-0.05, 0) is 6.07 Å². The van der Waals surface area contributed by atoms with Crippen LogP contribution in [0.5, 0.6) is 0 Å². The van der Waals surface area contributed by atoms with Crippen molar-refractivity contribution in [1.29, 1.82) is 0 Å². The number of benzene rings is 1. The van der Waals surface area contributed by atoms with E-state index in [0.29, 0.717) is 18.1 Å². The first-order valence-electron chi connectivity index (χ1n) is 7.00. The second-order valence-corrected chi connectivity index (χ2v) is 6.31. The average molecular weight is 305 g/mol. The third kappa shape index (κ3) is 3.71. The zero-order valence-corrected chi connectivity index (χ0v) is 13.4. The van der Waals surface area contributed by atoms with Crippen LogP contribution < -0.4 is 11.1 Å². The highest BCUT2D eigenvalue weighted by molar-refractivity contribution is 6.33. The molecule has 0 aliphatic carbocycles. The maximum absolute atomic E-state index is 6.32. The lowest BCUT2D eigenvalue weighted by Gasteiger charge is -2.19. The number of hydrogen-bond donors (Lipinski definition) is 2. The van der Waals surface area contributed by atoms with E-state index in [9.17, 15) is 0 Å². The van der Waals surface area contributed by atoms with Crippen LogP contribution in [-0.2, 0) is 5.41 Å². The van der Waals surface area contributed by atoms with Crippen molar-refractivity contribution < 1.29 is 0 Å². The molecule has 0 saturated heterocycles. The van der Waals surface area contributed by atoms with Crippen LogP contribution in [0.1, 0.15) is 26.6 Å². The number of anilines is 1. The molecule has 0 saturated carbocycles. The molecule has 0 amide bonds. The summed E-state index contributed by atoms with van der Waals surface area (Å²) in [6.07, 6.45) is 1.81. The quantitative estimate of drug-likeness (QED) is 0.908. The van der Waals surface area contributed by atoms with E-state index in [2.05, 4.69) is 31.1 Å². The zero-order chi connectivity index (χ0) is 15.5. The zero-order valence-electron chi connectivity index (χ0n) is 12.7. The van der Waals surface area contributed by atoms with E-state index in [-0.39, 0.29) is 5.41 Å². The molecule has 2 aromatic rings. The summed E-state index contributed by atoms with van der Waals surface area (Å²) in [7, 11) is 0. The Balaban J connectivity index is 2.56. The van der Waals surface area contributed by atoms with Gasteiger partial charge in [-0.25, -0.2) is 9.97 Å². The first kappa shape index (κ1) is 15.7. The average Bonchev–Trinajstić information content (AvgIpc) is 2.44. The van der Waals surface area contributed by atoms with Crippen LogP contribution in [0.4, 0.5) is 5.69 Å². The van der Waals surface area contributed by atoms with Crippen LogP contribution in [0.2, 0.25) is 5.02 Å². The molecular formula is C16H21ClN4. The monoisotopic (exact) mass is 304 g/mol. The molecule has 1 aromatic carbocycles. The standard InChI is InChI=1S/C16H21ClN4/c1-16(2,3)15-20-10-13(19-9-8-18)14(21-15)11-6-4-5-7-12(11)17/h4-7,10,19H,8-9,18H2,1-3H3. The van der Waals surface area contributed by atoms with E-state index >= 15 is 0 Å². The van der Waals surface area contributed by atoms with Gasteiger partial charge in [0.2, 0.25) is 0 Å². The molecule has 1 heterocycles. The number of aromatic nitrogens is 2. The van der Waals surface area contributed by atoms with E-state index < -0.39 is 0 Å². The van der Waals surface area contributed by atoms with Crippen LogP contribution in [0.15, 0.2) is 30.5 Å². The third-order valence-electron chi connectivity index (χ3n) is 3.05. The van der Waals surface area contributed by atoms with Gasteiger partial charge in [-0.3, -0.25) is 0 Å². The van der Waals surface area contributed by atoms with Gasteiger partial charge in [-0.1, -0.05) is 50.6 Å². The number of halogens is 1.